The highest BCUT2D eigenvalue weighted by atomic mass is 16.1. The van der Waals surface area contributed by atoms with E-state index in [1.807, 2.05) is 0 Å². The van der Waals surface area contributed by atoms with Gasteiger partial charge in [-0.2, -0.15) is 0 Å². The number of carbonyl (C=O) groups excluding carboxylic acids is 1. The zero-order valence-corrected chi connectivity index (χ0v) is 5.64. The van der Waals surface area contributed by atoms with E-state index in [0.717, 1.165) is 5.70 Å². The van der Waals surface area contributed by atoms with Gasteiger partial charge in [0.2, 0.25) is 5.91 Å². The van der Waals surface area contributed by atoms with Crippen LogP contribution >= 0.6 is 0 Å². The van der Waals surface area contributed by atoms with Crippen molar-refractivity contribution in [3.05, 3.63) is 11.8 Å². The minimum Gasteiger partial charge on any atom is -0.356 e. The molecule has 1 amide bonds. The van der Waals surface area contributed by atoms with Crippen LogP contribution in [0.15, 0.2) is 11.8 Å². The summed E-state index contributed by atoms with van der Waals surface area (Å²) in [6.07, 6.45) is 1.12. The second kappa shape index (κ2) is 2.68. The van der Waals surface area contributed by atoms with Gasteiger partial charge in [0.1, 0.15) is 0 Å². The van der Waals surface area contributed by atoms with Crippen molar-refractivity contribution in [2.75, 3.05) is 0 Å². The van der Waals surface area contributed by atoms with Crippen molar-refractivity contribution in [1.29, 1.82) is 0 Å². The van der Waals surface area contributed by atoms with E-state index in [4.69, 9.17) is 5.84 Å². The molecule has 5 heteroatoms. The summed E-state index contributed by atoms with van der Waals surface area (Å²) in [7, 11) is 0. The van der Waals surface area contributed by atoms with Crippen molar-refractivity contribution in [3.63, 3.8) is 0 Å². The molecule has 1 atom stereocenters. The van der Waals surface area contributed by atoms with Gasteiger partial charge in [0.15, 0.2) is 6.29 Å². The fourth-order valence-corrected chi connectivity index (χ4v) is 0.769. The molecule has 10 heavy (non-hydrogen) atoms. The first-order valence-electron chi connectivity index (χ1n) is 2.94. The SMILES string of the molecule is CC1=CC(=O)N[C@H](NN)N1. The molecule has 0 aliphatic carbocycles. The van der Waals surface area contributed by atoms with Gasteiger partial charge in [0.25, 0.3) is 0 Å². The Kier molecular flexibility index (Phi) is 1.88. The predicted molar refractivity (Wildman–Crippen MR) is 36.1 cm³/mol. The first-order valence-corrected chi connectivity index (χ1v) is 2.94. The third-order valence-electron chi connectivity index (χ3n) is 1.17. The molecule has 0 aromatic heterocycles. The summed E-state index contributed by atoms with van der Waals surface area (Å²) in [5.41, 5.74) is 3.18. The molecule has 1 aliphatic heterocycles. The van der Waals surface area contributed by atoms with Crippen molar-refractivity contribution < 1.29 is 4.79 Å². The van der Waals surface area contributed by atoms with E-state index < -0.39 is 0 Å². The summed E-state index contributed by atoms with van der Waals surface area (Å²) < 4.78 is 0. The molecule has 1 rings (SSSR count). The highest BCUT2D eigenvalue weighted by Gasteiger charge is 2.12. The molecule has 0 saturated heterocycles. The summed E-state index contributed by atoms with van der Waals surface area (Å²) >= 11 is 0. The normalized spacial score (nSPS) is 24.8. The molecular weight excluding hydrogens is 132 g/mol. The largest absolute Gasteiger partial charge is 0.356 e. The molecule has 1 heterocycles. The number of hydrogen-bond acceptors (Lipinski definition) is 4. The molecule has 0 unspecified atom stereocenters. The topological polar surface area (TPSA) is 79.2 Å². The Morgan fingerprint density at radius 3 is 2.90 bits per heavy atom. The molecule has 0 fully saturated rings. The van der Waals surface area contributed by atoms with Gasteiger partial charge in [0, 0.05) is 11.8 Å². The van der Waals surface area contributed by atoms with Crippen molar-refractivity contribution in [2.24, 2.45) is 5.84 Å². The molecule has 0 aromatic carbocycles. The van der Waals surface area contributed by atoms with E-state index in [1.165, 1.54) is 6.08 Å². The third-order valence-corrected chi connectivity index (χ3v) is 1.17. The maximum absolute atomic E-state index is 10.7. The Morgan fingerprint density at radius 1 is 1.70 bits per heavy atom. The van der Waals surface area contributed by atoms with Crippen LogP contribution in [-0.2, 0) is 4.79 Å². The maximum Gasteiger partial charge on any atom is 0.248 e. The number of carbonyl (C=O) groups is 1. The van der Waals surface area contributed by atoms with Crippen molar-refractivity contribution in [2.45, 2.75) is 13.2 Å². The van der Waals surface area contributed by atoms with E-state index in [1.54, 1.807) is 6.92 Å². The van der Waals surface area contributed by atoms with E-state index in [2.05, 4.69) is 16.1 Å². The second-order valence-corrected chi connectivity index (χ2v) is 2.08. The van der Waals surface area contributed by atoms with E-state index in [-0.39, 0.29) is 12.2 Å². The fourth-order valence-electron chi connectivity index (χ4n) is 0.769. The lowest BCUT2D eigenvalue weighted by molar-refractivity contribution is -0.118. The van der Waals surface area contributed by atoms with Crippen LogP contribution < -0.4 is 21.9 Å². The fraction of sp³-hybridized carbons (Fsp3) is 0.400. The zero-order chi connectivity index (χ0) is 7.56. The number of rotatable bonds is 1. The summed E-state index contributed by atoms with van der Waals surface area (Å²) in [5.74, 6) is 4.93. The van der Waals surface area contributed by atoms with Crippen LogP contribution in [-0.4, -0.2) is 12.2 Å². The van der Waals surface area contributed by atoms with Gasteiger partial charge in [0.05, 0.1) is 0 Å². The Labute approximate surface area is 58.6 Å². The van der Waals surface area contributed by atoms with Crippen molar-refractivity contribution in [1.82, 2.24) is 16.1 Å². The first-order chi connectivity index (χ1) is 4.72. The average molecular weight is 142 g/mol. The van der Waals surface area contributed by atoms with Crippen LogP contribution in [0.25, 0.3) is 0 Å². The standard InChI is InChI=1S/C5H10N4O/c1-3-2-4(10)8-5(7-3)9-6/h2,5,7,9H,6H2,1H3,(H,8,10)/t5-/m1/s1. The van der Waals surface area contributed by atoms with E-state index >= 15 is 0 Å². The zero-order valence-electron chi connectivity index (χ0n) is 5.64. The molecule has 5 nitrogen and oxygen atoms in total. The number of nitrogens with one attached hydrogen (secondary N) is 3. The molecule has 0 saturated carbocycles. The minimum absolute atomic E-state index is 0.140. The molecule has 5 N–H and O–H groups in total. The van der Waals surface area contributed by atoms with Gasteiger partial charge in [-0.05, 0) is 6.92 Å². The lowest BCUT2D eigenvalue weighted by atomic mass is 10.3. The number of amides is 1. The lowest BCUT2D eigenvalue weighted by Gasteiger charge is -2.23. The highest BCUT2D eigenvalue weighted by Crippen LogP contribution is 1.92. The van der Waals surface area contributed by atoms with Crippen molar-refractivity contribution >= 4 is 5.91 Å². The van der Waals surface area contributed by atoms with Crippen LogP contribution in [0.4, 0.5) is 0 Å². The third kappa shape index (κ3) is 1.46. The lowest BCUT2D eigenvalue weighted by Crippen LogP contribution is -2.58. The molecule has 0 bridgehead atoms. The second-order valence-electron chi connectivity index (χ2n) is 2.08. The first kappa shape index (κ1) is 7.04. The molecular formula is C5H10N4O. The van der Waals surface area contributed by atoms with Crippen LogP contribution in [0, 0.1) is 0 Å². The highest BCUT2D eigenvalue weighted by molar-refractivity contribution is 5.89. The average Bonchev–Trinajstić information content (AvgIpc) is 1.85. The molecule has 0 radical (unpaired) electrons. The summed E-state index contributed by atoms with van der Waals surface area (Å²) in [6.45, 7) is 1.79. The Morgan fingerprint density at radius 2 is 2.40 bits per heavy atom. The number of allylic oxidation sites excluding steroid dienone is 1. The molecule has 0 spiro atoms. The van der Waals surface area contributed by atoms with Gasteiger partial charge in [-0.1, -0.05) is 0 Å². The van der Waals surface area contributed by atoms with Crippen LogP contribution in [0.5, 0.6) is 0 Å². The molecule has 0 aromatic rings. The smallest absolute Gasteiger partial charge is 0.248 e. The number of hydrogen-bond donors (Lipinski definition) is 4. The van der Waals surface area contributed by atoms with Crippen LogP contribution in [0.1, 0.15) is 6.92 Å². The Bertz CT molecular complexity index is 176. The van der Waals surface area contributed by atoms with Gasteiger partial charge < -0.3 is 10.6 Å². The predicted octanol–water partition coefficient (Wildman–Crippen LogP) is -1.64. The summed E-state index contributed by atoms with van der Waals surface area (Å²) in [5, 5.41) is 5.42. The van der Waals surface area contributed by atoms with Crippen LogP contribution in [0.3, 0.4) is 0 Å². The van der Waals surface area contributed by atoms with Gasteiger partial charge in [-0.25, -0.2) is 5.43 Å². The number of nitrogens with two attached hydrogens (primary N) is 1. The maximum atomic E-state index is 10.7. The van der Waals surface area contributed by atoms with Gasteiger partial charge in [-0.15, -0.1) is 0 Å². The Hall–Kier alpha value is -1.07. The van der Waals surface area contributed by atoms with Crippen LogP contribution in [0.2, 0.25) is 0 Å². The minimum atomic E-state index is -0.350. The van der Waals surface area contributed by atoms with Gasteiger partial charge in [-0.3, -0.25) is 10.6 Å². The monoisotopic (exact) mass is 142 g/mol. The Balaban J connectivity index is 2.60. The van der Waals surface area contributed by atoms with Crippen molar-refractivity contribution in [3.8, 4) is 0 Å². The van der Waals surface area contributed by atoms with E-state index in [0.29, 0.717) is 0 Å². The molecule has 56 valence electrons. The molecule has 1 aliphatic rings. The van der Waals surface area contributed by atoms with Gasteiger partial charge >= 0.3 is 0 Å². The number of hydrazine groups is 1. The summed E-state index contributed by atoms with van der Waals surface area (Å²) in [4.78, 5) is 10.7. The van der Waals surface area contributed by atoms with E-state index in [9.17, 15) is 4.79 Å². The summed E-state index contributed by atoms with van der Waals surface area (Å²) in [6, 6.07) is 0. The quantitative estimate of drug-likeness (QED) is 0.261.